The first-order chi connectivity index (χ1) is 10.2. The predicted molar refractivity (Wildman–Crippen MR) is 76.3 cm³/mol. The van der Waals surface area contributed by atoms with Crippen LogP contribution in [0.3, 0.4) is 0 Å². The topological polar surface area (TPSA) is 138 Å². The zero-order valence-electron chi connectivity index (χ0n) is 12.4. The van der Waals surface area contributed by atoms with E-state index >= 15 is 0 Å². The Kier molecular flexibility index (Phi) is 13.1. The number of ether oxygens (including phenoxy) is 1. The van der Waals surface area contributed by atoms with Gasteiger partial charge < -0.3 is 20.1 Å². The number of aliphatic carboxylic acids is 3. The lowest BCUT2D eigenvalue weighted by Crippen LogP contribution is -2.03. The molecule has 0 rings (SSSR count). The number of hydrogen-bond acceptors (Lipinski definition) is 5. The molecule has 0 aliphatic heterocycles. The number of esters is 1. The van der Waals surface area contributed by atoms with Crippen molar-refractivity contribution in [2.45, 2.75) is 33.1 Å². The Morgan fingerprint density at radius 3 is 1.86 bits per heavy atom. The molecule has 0 spiro atoms. The minimum atomic E-state index is -1.21. The van der Waals surface area contributed by atoms with E-state index in [4.69, 9.17) is 15.3 Å². The molecule has 0 radical (unpaired) electrons. The lowest BCUT2D eigenvalue weighted by Gasteiger charge is -1.95. The molecule has 3 N–H and O–H groups in total. The lowest BCUT2D eigenvalue weighted by molar-refractivity contribution is -0.138. The van der Waals surface area contributed by atoms with Crippen LogP contribution in [0, 0.1) is 0 Å². The van der Waals surface area contributed by atoms with Crippen LogP contribution in [-0.4, -0.2) is 45.8 Å². The number of hydrogen-bond donors (Lipinski definition) is 3. The fourth-order valence-corrected chi connectivity index (χ4v) is 1.05. The summed E-state index contributed by atoms with van der Waals surface area (Å²) in [6, 6.07) is 0. The molecule has 0 amide bonds. The highest BCUT2D eigenvalue weighted by Gasteiger charge is 2.07. The Morgan fingerprint density at radius 1 is 0.909 bits per heavy atom. The predicted octanol–water partition coefficient (Wildman–Crippen LogP) is 1.46. The molecule has 0 bridgehead atoms. The van der Waals surface area contributed by atoms with Gasteiger partial charge in [0.25, 0.3) is 0 Å². The molecular weight excluding hydrogens is 296 g/mol. The molecule has 0 fully saturated rings. The maximum Gasteiger partial charge on any atom is 0.331 e. The van der Waals surface area contributed by atoms with Gasteiger partial charge in [0.15, 0.2) is 0 Å². The molecule has 22 heavy (non-hydrogen) atoms. The average Bonchev–Trinajstić information content (AvgIpc) is 2.42. The number of carbonyl (C=O) groups excluding carboxylic acids is 1. The first-order valence-corrected chi connectivity index (χ1v) is 6.49. The van der Waals surface area contributed by atoms with E-state index in [-0.39, 0.29) is 5.57 Å². The first-order valence-electron chi connectivity index (χ1n) is 6.49. The van der Waals surface area contributed by atoms with Gasteiger partial charge in [-0.05, 0) is 12.8 Å². The third-order valence-electron chi connectivity index (χ3n) is 1.90. The summed E-state index contributed by atoms with van der Waals surface area (Å²) in [6.45, 7) is 3.97. The van der Waals surface area contributed by atoms with Crippen LogP contribution in [0.15, 0.2) is 23.8 Å². The Morgan fingerprint density at radius 2 is 1.50 bits per heavy atom. The molecule has 0 saturated heterocycles. The summed E-state index contributed by atoms with van der Waals surface area (Å²) in [5.41, 5.74) is -0.0556. The SMILES string of the molecule is CCC/C(=C/C(=O)O)C(=O)O.CCCOC(=O)/C=C\C(=O)O. The van der Waals surface area contributed by atoms with Gasteiger partial charge in [-0.2, -0.15) is 0 Å². The van der Waals surface area contributed by atoms with E-state index in [2.05, 4.69) is 4.74 Å². The van der Waals surface area contributed by atoms with Gasteiger partial charge in [0.1, 0.15) is 0 Å². The van der Waals surface area contributed by atoms with E-state index in [0.717, 1.165) is 24.6 Å². The van der Waals surface area contributed by atoms with Gasteiger partial charge in [-0.25, -0.2) is 19.2 Å². The average molecular weight is 316 g/mol. The number of carboxylic acid groups (broad SMARTS) is 3. The molecule has 0 saturated carbocycles. The van der Waals surface area contributed by atoms with Crippen molar-refractivity contribution in [3.8, 4) is 0 Å². The van der Waals surface area contributed by atoms with Crippen LogP contribution in [0.1, 0.15) is 33.1 Å². The van der Waals surface area contributed by atoms with Crippen molar-refractivity contribution in [1.82, 2.24) is 0 Å². The van der Waals surface area contributed by atoms with Crippen molar-refractivity contribution in [3.63, 3.8) is 0 Å². The highest BCUT2D eigenvalue weighted by Crippen LogP contribution is 2.03. The number of carboxylic acids is 3. The molecule has 0 aromatic carbocycles. The molecule has 124 valence electrons. The Labute approximate surface area is 127 Å². The van der Waals surface area contributed by atoms with Crippen molar-refractivity contribution in [3.05, 3.63) is 23.8 Å². The fourth-order valence-electron chi connectivity index (χ4n) is 1.05. The molecule has 0 unspecified atom stereocenters. The highest BCUT2D eigenvalue weighted by atomic mass is 16.5. The van der Waals surface area contributed by atoms with Gasteiger partial charge in [0.05, 0.1) is 6.61 Å². The van der Waals surface area contributed by atoms with Crippen molar-refractivity contribution >= 4 is 23.9 Å². The largest absolute Gasteiger partial charge is 0.478 e. The van der Waals surface area contributed by atoms with Gasteiger partial charge in [0, 0.05) is 23.8 Å². The van der Waals surface area contributed by atoms with Crippen LogP contribution in [-0.2, 0) is 23.9 Å². The Hall–Kier alpha value is -2.64. The van der Waals surface area contributed by atoms with E-state index in [1.54, 1.807) is 6.92 Å². The van der Waals surface area contributed by atoms with Crippen molar-refractivity contribution < 1.29 is 39.2 Å². The van der Waals surface area contributed by atoms with Crippen LogP contribution < -0.4 is 0 Å². The van der Waals surface area contributed by atoms with Crippen LogP contribution in [0.2, 0.25) is 0 Å². The summed E-state index contributed by atoms with van der Waals surface area (Å²) in [5, 5.41) is 24.7. The molecule has 8 heteroatoms. The first kappa shape index (κ1) is 21.7. The monoisotopic (exact) mass is 316 g/mol. The second kappa shape index (κ2) is 13.3. The van der Waals surface area contributed by atoms with Gasteiger partial charge in [-0.3, -0.25) is 0 Å². The highest BCUT2D eigenvalue weighted by molar-refractivity contribution is 5.94. The molecular formula is C14H20O8. The van der Waals surface area contributed by atoms with Crippen LogP contribution in [0.5, 0.6) is 0 Å². The third kappa shape index (κ3) is 15.4. The summed E-state index contributed by atoms with van der Waals surface area (Å²) >= 11 is 0. The summed E-state index contributed by atoms with van der Waals surface area (Å²) in [4.78, 5) is 40.8. The molecule has 0 aromatic heterocycles. The summed E-state index contributed by atoms with van der Waals surface area (Å²) in [7, 11) is 0. The van der Waals surface area contributed by atoms with Gasteiger partial charge in [0.2, 0.25) is 0 Å². The minimum Gasteiger partial charge on any atom is -0.478 e. The maximum atomic E-state index is 10.5. The number of rotatable bonds is 8. The van der Waals surface area contributed by atoms with Crippen LogP contribution in [0.4, 0.5) is 0 Å². The van der Waals surface area contributed by atoms with Crippen LogP contribution in [0.25, 0.3) is 0 Å². The zero-order valence-corrected chi connectivity index (χ0v) is 12.4. The van der Waals surface area contributed by atoms with E-state index in [0.29, 0.717) is 19.4 Å². The summed E-state index contributed by atoms with van der Waals surface area (Å²) < 4.78 is 4.55. The smallest absolute Gasteiger partial charge is 0.331 e. The molecule has 0 atom stereocenters. The normalized spacial score (nSPS) is 10.5. The lowest BCUT2D eigenvalue weighted by atomic mass is 10.1. The summed E-state index contributed by atoms with van der Waals surface area (Å²) in [6.07, 6.45) is 4.02. The minimum absolute atomic E-state index is 0.0556. The molecule has 0 aliphatic rings. The third-order valence-corrected chi connectivity index (χ3v) is 1.90. The Balaban J connectivity index is 0. The second-order valence-electron chi connectivity index (χ2n) is 3.90. The van der Waals surface area contributed by atoms with E-state index in [9.17, 15) is 19.2 Å². The summed E-state index contributed by atoms with van der Waals surface area (Å²) in [5.74, 6) is -4.14. The van der Waals surface area contributed by atoms with Crippen LogP contribution >= 0.6 is 0 Å². The van der Waals surface area contributed by atoms with Gasteiger partial charge in [-0.15, -0.1) is 0 Å². The molecule has 0 aromatic rings. The molecule has 8 nitrogen and oxygen atoms in total. The van der Waals surface area contributed by atoms with E-state index < -0.39 is 23.9 Å². The molecule has 0 heterocycles. The molecule has 0 aliphatic carbocycles. The number of carbonyl (C=O) groups is 4. The zero-order chi connectivity index (χ0) is 17.5. The Bertz CT molecular complexity index is 446. The maximum absolute atomic E-state index is 10.5. The van der Waals surface area contributed by atoms with Crippen molar-refractivity contribution in [2.75, 3.05) is 6.61 Å². The van der Waals surface area contributed by atoms with Gasteiger partial charge in [-0.1, -0.05) is 20.3 Å². The van der Waals surface area contributed by atoms with Crippen molar-refractivity contribution in [1.29, 1.82) is 0 Å². The van der Waals surface area contributed by atoms with Crippen molar-refractivity contribution in [2.24, 2.45) is 0 Å². The second-order valence-corrected chi connectivity index (χ2v) is 3.90. The quantitative estimate of drug-likeness (QED) is 0.452. The fraction of sp³-hybridized carbons (Fsp3) is 0.429. The van der Waals surface area contributed by atoms with E-state index in [1.165, 1.54) is 0 Å². The van der Waals surface area contributed by atoms with E-state index in [1.807, 2.05) is 6.92 Å². The standard InChI is InChI=1S/2C7H10O4/c1-2-5-11-7(10)4-3-6(8)9;1-2-3-5(7(10)11)4-6(8)9/h3-4H,2,5H2,1H3,(H,8,9);4H,2-3H2,1H3,(H,8,9)(H,10,11)/b4-3-;5-4-. The van der Waals surface area contributed by atoms with Gasteiger partial charge >= 0.3 is 23.9 Å².